The monoisotopic (exact) mass is 692 g/mol. The van der Waals surface area contributed by atoms with Crippen molar-refractivity contribution in [3.63, 3.8) is 0 Å². The molecule has 0 aliphatic carbocycles. The van der Waals surface area contributed by atoms with Gasteiger partial charge in [-0.25, -0.2) is 4.98 Å². The molecule has 0 aliphatic heterocycles. The molecule has 6 rings (SSSR count). The van der Waals surface area contributed by atoms with E-state index >= 15 is 0 Å². The van der Waals surface area contributed by atoms with Crippen LogP contribution in [0.15, 0.2) is 136 Å². The molecule has 3 amide bonds. The van der Waals surface area contributed by atoms with Crippen molar-refractivity contribution in [1.82, 2.24) is 10.3 Å². The van der Waals surface area contributed by atoms with Gasteiger partial charge in [-0.15, -0.1) is 11.8 Å². The summed E-state index contributed by atoms with van der Waals surface area (Å²) in [5, 5.41) is 9.17. The fourth-order valence-corrected chi connectivity index (χ4v) is 5.83. The molecule has 8 nitrogen and oxygen atoms in total. The van der Waals surface area contributed by atoms with Gasteiger partial charge in [-0.05, 0) is 90.5 Å². The van der Waals surface area contributed by atoms with Gasteiger partial charge in [-0.2, -0.15) is 0 Å². The van der Waals surface area contributed by atoms with Gasteiger partial charge < -0.3 is 20.4 Å². The van der Waals surface area contributed by atoms with Crippen LogP contribution in [0.4, 0.5) is 11.4 Å². The van der Waals surface area contributed by atoms with E-state index in [9.17, 15) is 14.4 Å². The van der Waals surface area contributed by atoms with Crippen LogP contribution in [0.1, 0.15) is 15.9 Å². The smallest absolute Gasteiger partial charge is 0.272 e. The first-order valence-corrected chi connectivity index (χ1v) is 16.4. The van der Waals surface area contributed by atoms with E-state index in [1.165, 1.54) is 17.8 Å². The maximum absolute atomic E-state index is 13.5. The molecule has 0 aliphatic rings. The van der Waals surface area contributed by atoms with Crippen LogP contribution in [0, 0.1) is 0 Å². The SMILES string of the molecule is O=C(CSc1cccc(NC(=O)/C(=C\c2ccc(Cl)cc2Cl)NC(=O)c2ccccc2)c1)Nc1ccc(-c2nc3ccccc3o2)cc1. The van der Waals surface area contributed by atoms with Crippen LogP contribution < -0.4 is 16.0 Å². The van der Waals surface area contributed by atoms with Crippen LogP contribution in [0.5, 0.6) is 0 Å². The lowest BCUT2D eigenvalue weighted by Crippen LogP contribution is -2.30. The molecule has 3 N–H and O–H groups in total. The normalized spacial score (nSPS) is 11.2. The van der Waals surface area contributed by atoms with Gasteiger partial charge in [0.2, 0.25) is 11.8 Å². The first-order valence-electron chi connectivity index (χ1n) is 14.6. The Labute approximate surface area is 290 Å². The van der Waals surface area contributed by atoms with Gasteiger partial charge in [0.1, 0.15) is 11.2 Å². The number of nitrogens with one attached hydrogen (secondary N) is 3. The Morgan fingerprint density at radius 3 is 2.31 bits per heavy atom. The molecule has 0 fully saturated rings. The Morgan fingerprint density at radius 1 is 0.771 bits per heavy atom. The van der Waals surface area contributed by atoms with Crippen LogP contribution in [0.25, 0.3) is 28.6 Å². The molecule has 1 heterocycles. The fraction of sp³-hybridized carbons (Fsp3) is 0.0270. The largest absolute Gasteiger partial charge is 0.436 e. The minimum absolute atomic E-state index is 0.0207. The minimum atomic E-state index is -0.563. The van der Waals surface area contributed by atoms with Crippen molar-refractivity contribution in [3.05, 3.63) is 148 Å². The average Bonchev–Trinajstić information content (AvgIpc) is 3.53. The van der Waals surface area contributed by atoms with Crippen molar-refractivity contribution in [2.45, 2.75) is 4.90 Å². The number of amides is 3. The molecular formula is C37H26Cl2N4O4S. The zero-order valence-corrected chi connectivity index (χ0v) is 27.4. The molecule has 0 unspecified atom stereocenters. The second-order valence-electron chi connectivity index (χ2n) is 10.4. The number of hydrogen-bond acceptors (Lipinski definition) is 6. The zero-order valence-electron chi connectivity index (χ0n) is 25.1. The van der Waals surface area contributed by atoms with Crippen molar-refractivity contribution < 1.29 is 18.8 Å². The second kappa shape index (κ2) is 15.0. The van der Waals surface area contributed by atoms with Gasteiger partial charge in [0.15, 0.2) is 5.58 Å². The summed E-state index contributed by atoms with van der Waals surface area (Å²) >= 11 is 13.7. The first kappa shape index (κ1) is 32.6. The molecular weight excluding hydrogens is 667 g/mol. The van der Waals surface area contributed by atoms with Gasteiger partial charge in [-0.3, -0.25) is 14.4 Å². The fourth-order valence-electron chi connectivity index (χ4n) is 4.62. The lowest BCUT2D eigenvalue weighted by Gasteiger charge is -2.13. The Balaban J connectivity index is 1.09. The molecule has 11 heteroatoms. The Bertz CT molecular complexity index is 2120. The molecule has 0 radical (unpaired) electrons. The van der Waals surface area contributed by atoms with Crippen molar-refractivity contribution in [1.29, 1.82) is 0 Å². The molecule has 48 heavy (non-hydrogen) atoms. The number of para-hydroxylation sites is 2. The summed E-state index contributed by atoms with van der Waals surface area (Å²) in [5.74, 6) is -0.577. The number of hydrogen-bond donors (Lipinski definition) is 3. The molecule has 0 atom stereocenters. The third kappa shape index (κ3) is 8.32. The number of carbonyl (C=O) groups is 3. The summed E-state index contributed by atoms with van der Waals surface area (Å²) < 4.78 is 5.82. The number of carbonyl (C=O) groups excluding carboxylic acids is 3. The standard InChI is InChI=1S/C37H26Cl2N4O4S/c38-26-16-13-25(30(39)20-26)19-32(42-35(45)23-7-2-1-3-8-23)36(46)41-28-9-6-10-29(21-28)48-22-34(44)40-27-17-14-24(15-18-27)37-43-31-11-4-5-12-33(31)47-37/h1-21H,22H2,(H,40,44)(H,41,46)(H,42,45)/b32-19+. The Kier molecular flexibility index (Phi) is 10.2. The highest BCUT2D eigenvalue weighted by molar-refractivity contribution is 8.00. The molecule has 0 saturated heterocycles. The predicted octanol–water partition coefficient (Wildman–Crippen LogP) is 8.94. The maximum atomic E-state index is 13.5. The van der Waals surface area contributed by atoms with Crippen LogP contribution in [0.2, 0.25) is 10.0 Å². The van der Waals surface area contributed by atoms with E-state index < -0.39 is 11.8 Å². The predicted molar refractivity (Wildman–Crippen MR) is 192 cm³/mol. The molecule has 1 aromatic heterocycles. The van der Waals surface area contributed by atoms with Gasteiger partial charge >= 0.3 is 0 Å². The second-order valence-corrected chi connectivity index (χ2v) is 12.3. The van der Waals surface area contributed by atoms with E-state index in [2.05, 4.69) is 20.9 Å². The topological polar surface area (TPSA) is 113 Å². The van der Waals surface area contributed by atoms with E-state index in [0.717, 1.165) is 16.0 Å². The van der Waals surface area contributed by atoms with E-state index in [0.29, 0.717) is 44.0 Å². The highest BCUT2D eigenvalue weighted by atomic mass is 35.5. The molecule has 238 valence electrons. The summed E-state index contributed by atoms with van der Waals surface area (Å²) in [7, 11) is 0. The summed E-state index contributed by atoms with van der Waals surface area (Å²) in [5.41, 5.74) is 4.26. The van der Waals surface area contributed by atoms with E-state index in [1.807, 2.05) is 42.5 Å². The third-order valence-corrected chi connectivity index (χ3v) is 8.52. The number of thioether (sulfide) groups is 1. The molecule has 6 aromatic rings. The van der Waals surface area contributed by atoms with E-state index in [-0.39, 0.29) is 17.4 Å². The van der Waals surface area contributed by atoms with Crippen molar-refractivity contribution in [2.24, 2.45) is 0 Å². The maximum Gasteiger partial charge on any atom is 0.272 e. The number of aromatic nitrogens is 1. The lowest BCUT2D eigenvalue weighted by molar-refractivity contribution is -0.114. The Hall–Kier alpha value is -5.35. The minimum Gasteiger partial charge on any atom is -0.436 e. The highest BCUT2D eigenvalue weighted by Crippen LogP contribution is 2.27. The van der Waals surface area contributed by atoms with Crippen molar-refractivity contribution in [2.75, 3.05) is 16.4 Å². The quantitative estimate of drug-likeness (QED) is 0.0976. The number of oxazole rings is 1. The molecule has 5 aromatic carbocycles. The number of halogens is 2. The third-order valence-electron chi connectivity index (χ3n) is 6.96. The average molecular weight is 694 g/mol. The van der Waals surface area contributed by atoms with Crippen LogP contribution >= 0.6 is 35.0 Å². The van der Waals surface area contributed by atoms with Gasteiger partial charge in [0.25, 0.3) is 11.8 Å². The van der Waals surface area contributed by atoms with Gasteiger partial charge in [-0.1, -0.05) is 65.7 Å². The number of benzene rings is 5. The summed E-state index contributed by atoms with van der Waals surface area (Å²) in [4.78, 5) is 44.4. The number of fused-ring (bicyclic) bond motifs is 1. The van der Waals surface area contributed by atoms with Crippen molar-refractivity contribution in [3.8, 4) is 11.5 Å². The van der Waals surface area contributed by atoms with Crippen LogP contribution in [0.3, 0.4) is 0 Å². The Morgan fingerprint density at radius 2 is 1.54 bits per heavy atom. The molecule has 0 spiro atoms. The number of rotatable bonds is 10. The summed E-state index contributed by atoms with van der Waals surface area (Å²) in [6.45, 7) is 0. The molecule has 0 bridgehead atoms. The number of nitrogens with zero attached hydrogens (tertiary/aromatic N) is 1. The van der Waals surface area contributed by atoms with Gasteiger partial charge in [0, 0.05) is 37.4 Å². The summed E-state index contributed by atoms with van der Waals surface area (Å²) in [6, 6.07) is 35.3. The first-order chi connectivity index (χ1) is 23.3. The lowest BCUT2D eigenvalue weighted by atomic mass is 10.1. The highest BCUT2D eigenvalue weighted by Gasteiger charge is 2.16. The molecule has 0 saturated carbocycles. The van der Waals surface area contributed by atoms with E-state index in [1.54, 1.807) is 78.9 Å². The zero-order chi connectivity index (χ0) is 33.5. The van der Waals surface area contributed by atoms with Gasteiger partial charge in [0.05, 0.1) is 5.75 Å². The van der Waals surface area contributed by atoms with Crippen LogP contribution in [-0.2, 0) is 9.59 Å². The van der Waals surface area contributed by atoms with Crippen molar-refractivity contribution >= 4 is 81.2 Å². The number of anilines is 2. The van der Waals surface area contributed by atoms with E-state index in [4.69, 9.17) is 27.6 Å². The summed E-state index contributed by atoms with van der Waals surface area (Å²) in [6.07, 6.45) is 1.48. The van der Waals surface area contributed by atoms with Crippen LogP contribution in [-0.4, -0.2) is 28.5 Å².